The largest absolute Gasteiger partial charge is 0.478 e. The average Bonchev–Trinajstić information content (AvgIpc) is 2.43. The van der Waals surface area contributed by atoms with Crippen molar-refractivity contribution in [2.24, 2.45) is 0 Å². The van der Waals surface area contributed by atoms with E-state index in [1.54, 1.807) is 26.5 Å². The van der Waals surface area contributed by atoms with Crippen LogP contribution >= 0.6 is 15.9 Å². The van der Waals surface area contributed by atoms with Gasteiger partial charge in [0.1, 0.15) is 11.4 Å². The van der Waals surface area contributed by atoms with Crippen LogP contribution in [0.2, 0.25) is 0 Å². The van der Waals surface area contributed by atoms with E-state index in [0.29, 0.717) is 36.6 Å². The van der Waals surface area contributed by atoms with E-state index in [4.69, 9.17) is 9.47 Å². The van der Waals surface area contributed by atoms with Crippen molar-refractivity contribution in [2.45, 2.75) is 6.42 Å². The van der Waals surface area contributed by atoms with Gasteiger partial charge in [-0.2, -0.15) is 0 Å². The van der Waals surface area contributed by atoms with Gasteiger partial charge in [-0.25, -0.2) is 9.78 Å². The van der Waals surface area contributed by atoms with Crippen molar-refractivity contribution < 1.29 is 19.4 Å². The van der Waals surface area contributed by atoms with Gasteiger partial charge in [0.25, 0.3) is 0 Å². The Morgan fingerprint density at radius 1 is 1.35 bits per heavy atom. The molecule has 1 rings (SSSR count). The topological polar surface area (TPSA) is 71.9 Å². The van der Waals surface area contributed by atoms with E-state index in [2.05, 4.69) is 20.9 Å². The number of aromatic nitrogens is 1. The summed E-state index contributed by atoms with van der Waals surface area (Å²) in [5, 5.41) is 9.29. The molecule has 0 aromatic carbocycles. The first kappa shape index (κ1) is 16.9. The predicted molar refractivity (Wildman–Crippen MR) is 79.5 cm³/mol. The maximum Gasteiger partial charge on any atom is 0.339 e. The lowest BCUT2D eigenvalue weighted by atomic mass is 10.2. The lowest BCUT2D eigenvalue weighted by molar-refractivity contribution is 0.0697. The quantitative estimate of drug-likeness (QED) is 0.690. The average molecular weight is 347 g/mol. The molecule has 1 N–H and O–H groups in total. The molecule has 0 bridgehead atoms. The standard InChI is InChI=1S/C13H19BrN2O4/c1-19-6-3-4-16(5-7-20-2)12-11(13(17)18)8-10(14)9-15-12/h8-9H,3-7H2,1-2H3,(H,17,18). The third-order valence-corrected chi connectivity index (χ3v) is 3.14. The highest BCUT2D eigenvalue weighted by Crippen LogP contribution is 2.22. The number of pyridine rings is 1. The van der Waals surface area contributed by atoms with Gasteiger partial charge in [-0.15, -0.1) is 0 Å². The number of carboxylic acids is 1. The normalized spacial score (nSPS) is 10.6. The number of aromatic carboxylic acids is 1. The first-order valence-corrected chi connectivity index (χ1v) is 7.01. The minimum atomic E-state index is -0.997. The third kappa shape index (κ3) is 5.07. The Labute approximate surface area is 126 Å². The number of methoxy groups -OCH3 is 2. The molecule has 0 unspecified atom stereocenters. The fourth-order valence-corrected chi connectivity index (χ4v) is 2.10. The van der Waals surface area contributed by atoms with Crippen molar-refractivity contribution in [3.63, 3.8) is 0 Å². The van der Waals surface area contributed by atoms with Crippen molar-refractivity contribution >= 4 is 27.7 Å². The van der Waals surface area contributed by atoms with Crippen LogP contribution in [-0.4, -0.2) is 56.6 Å². The summed E-state index contributed by atoms with van der Waals surface area (Å²) in [6.07, 6.45) is 2.38. The minimum absolute atomic E-state index is 0.174. The van der Waals surface area contributed by atoms with Gasteiger partial charge in [0.15, 0.2) is 0 Å². The van der Waals surface area contributed by atoms with Gasteiger partial charge in [-0.1, -0.05) is 0 Å². The summed E-state index contributed by atoms with van der Waals surface area (Å²) in [5.41, 5.74) is 0.174. The summed E-state index contributed by atoms with van der Waals surface area (Å²) in [7, 11) is 3.25. The second-order valence-electron chi connectivity index (χ2n) is 4.16. The molecule has 6 nitrogen and oxygen atoms in total. The number of anilines is 1. The number of hydrogen-bond acceptors (Lipinski definition) is 5. The van der Waals surface area contributed by atoms with E-state index in [-0.39, 0.29) is 5.56 Å². The molecule has 1 aromatic heterocycles. The highest BCUT2D eigenvalue weighted by Gasteiger charge is 2.18. The molecule has 7 heteroatoms. The van der Waals surface area contributed by atoms with Crippen LogP contribution in [0.5, 0.6) is 0 Å². The molecular weight excluding hydrogens is 328 g/mol. The summed E-state index contributed by atoms with van der Waals surface area (Å²) in [6.45, 7) is 2.35. The summed E-state index contributed by atoms with van der Waals surface area (Å²) >= 11 is 3.24. The molecule has 0 amide bonds. The number of halogens is 1. The molecule has 0 saturated heterocycles. The Morgan fingerprint density at radius 2 is 2.05 bits per heavy atom. The van der Waals surface area contributed by atoms with Gasteiger partial charge in [0, 0.05) is 44.6 Å². The Morgan fingerprint density at radius 3 is 2.65 bits per heavy atom. The SMILES string of the molecule is COCCCN(CCOC)c1ncc(Br)cc1C(=O)O. The Bertz CT molecular complexity index is 442. The summed E-state index contributed by atoms with van der Waals surface area (Å²) < 4.78 is 10.7. The Balaban J connectivity index is 2.95. The second-order valence-corrected chi connectivity index (χ2v) is 5.07. The van der Waals surface area contributed by atoms with E-state index in [1.807, 2.05) is 4.90 Å². The lowest BCUT2D eigenvalue weighted by Crippen LogP contribution is -2.31. The monoisotopic (exact) mass is 346 g/mol. The second kappa shape index (κ2) is 8.89. The number of hydrogen-bond donors (Lipinski definition) is 1. The van der Waals surface area contributed by atoms with Crippen molar-refractivity contribution in [3.8, 4) is 0 Å². The molecule has 0 radical (unpaired) electrons. The van der Waals surface area contributed by atoms with Crippen LogP contribution in [0.3, 0.4) is 0 Å². The molecule has 0 fully saturated rings. The highest BCUT2D eigenvalue weighted by atomic mass is 79.9. The smallest absolute Gasteiger partial charge is 0.339 e. The van der Waals surface area contributed by atoms with E-state index in [0.717, 1.165) is 6.42 Å². The fraction of sp³-hybridized carbons (Fsp3) is 0.538. The first-order valence-electron chi connectivity index (χ1n) is 6.21. The molecule has 0 spiro atoms. The van der Waals surface area contributed by atoms with Crippen molar-refractivity contribution in [1.82, 2.24) is 4.98 Å². The molecule has 1 aromatic rings. The Hall–Kier alpha value is -1.18. The van der Waals surface area contributed by atoms with Gasteiger partial charge >= 0.3 is 5.97 Å². The van der Waals surface area contributed by atoms with Crippen LogP contribution in [0.4, 0.5) is 5.82 Å². The van der Waals surface area contributed by atoms with Gasteiger partial charge < -0.3 is 19.5 Å². The fourth-order valence-electron chi connectivity index (χ4n) is 1.77. The maximum absolute atomic E-state index is 11.3. The molecule has 0 aliphatic rings. The van der Waals surface area contributed by atoms with Crippen molar-refractivity contribution in [2.75, 3.05) is 45.4 Å². The molecule has 20 heavy (non-hydrogen) atoms. The van der Waals surface area contributed by atoms with Crippen LogP contribution in [-0.2, 0) is 9.47 Å². The van der Waals surface area contributed by atoms with E-state index in [9.17, 15) is 9.90 Å². The van der Waals surface area contributed by atoms with E-state index in [1.165, 1.54) is 0 Å². The van der Waals surface area contributed by atoms with Crippen LogP contribution in [0.15, 0.2) is 16.7 Å². The highest BCUT2D eigenvalue weighted by molar-refractivity contribution is 9.10. The van der Waals surface area contributed by atoms with Crippen LogP contribution < -0.4 is 4.90 Å². The third-order valence-electron chi connectivity index (χ3n) is 2.71. The van der Waals surface area contributed by atoms with Gasteiger partial charge in [-0.05, 0) is 28.4 Å². The number of nitrogens with zero attached hydrogens (tertiary/aromatic N) is 2. The van der Waals surface area contributed by atoms with E-state index < -0.39 is 5.97 Å². The molecule has 1 heterocycles. The maximum atomic E-state index is 11.3. The summed E-state index contributed by atoms with van der Waals surface area (Å²) in [4.78, 5) is 17.5. The van der Waals surface area contributed by atoms with Crippen molar-refractivity contribution in [1.29, 1.82) is 0 Å². The molecule has 112 valence electrons. The van der Waals surface area contributed by atoms with Crippen LogP contribution in [0.25, 0.3) is 0 Å². The molecule has 0 aliphatic carbocycles. The van der Waals surface area contributed by atoms with E-state index >= 15 is 0 Å². The number of carboxylic acid groups (broad SMARTS) is 1. The molecule has 0 aliphatic heterocycles. The minimum Gasteiger partial charge on any atom is -0.478 e. The van der Waals surface area contributed by atoms with Gasteiger partial charge in [0.2, 0.25) is 0 Å². The van der Waals surface area contributed by atoms with Crippen molar-refractivity contribution in [3.05, 3.63) is 22.3 Å². The number of ether oxygens (including phenoxy) is 2. The zero-order valence-corrected chi connectivity index (χ0v) is 13.2. The number of carbonyl (C=O) groups is 1. The molecular formula is C13H19BrN2O4. The molecule has 0 atom stereocenters. The lowest BCUT2D eigenvalue weighted by Gasteiger charge is -2.24. The molecule has 0 saturated carbocycles. The van der Waals surface area contributed by atoms with Crippen LogP contribution in [0.1, 0.15) is 16.8 Å². The van der Waals surface area contributed by atoms with Gasteiger partial charge in [-0.3, -0.25) is 0 Å². The zero-order valence-electron chi connectivity index (χ0n) is 11.6. The zero-order chi connectivity index (χ0) is 15.0. The predicted octanol–water partition coefficient (Wildman–Crippen LogP) is 2.03. The van der Waals surface area contributed by atoms with Crippen LogP contribution in [0, 0.1) is 0 Å². The summed E-state index contributed by atoms with van der Waals surface area (Å²) in [6, 6.07) is 1.56. The number of rotatable bonds is 9. The first-order chi connectivity index (χ1) is 9.60. The Kier molecular flexibility index (Phi) is 7.50. The summed E-state index contributed by atoms with van der Waals surface area (Å²) in [5.74, 6) is -0.545. The van der Waals surface area contributed by atoms with Gasteiger partial charge in [0.05, 0.1) is 6.61 Å².